The molecule has 4 heteroatoms. The van der Waals surface area contributed by atoms with Gasteiger partial charge in [-0.1, -0.05) is 11.6 Å². The molecule has 0 unspecified atom stereocenters. The maximum Gasteiger partial charge on any atom is 0.0976 e. The summed E-state index contributed by atoms with van der Waals surface area (Å²) >= 11 is 7.23. The fourth-order valence-corrected chi connectivity index (χ4v) is 1.83. The molecule has 0 saturated heterocycles. The molecule has 0 aliphatic carbocycles. The van der Waals surface area contributed by atoms with E-state index >= 15 is 0 Å². The van der Waals surface area contributed by atoms with Gasteiger partial charge in [0.1, 0.15) is 0 Å². The number of hydrogen-bond donors (Lipinski definition) is 1. The van der Waals surface area contributed by atoms with Crippen molar-refractivity contribution >= 4 is 22.9 Å². The van der Waals surface area contributed by atoms with Gasteiger partial charge in [0.25, 0.3) is 0 Å². The maximum absolute atomic E-state index is 8.36. The minimum absolute atomic E-state index is 0.237. The van der Waals surface area contributed by atoms with Crippen molar-refractivity contribution in [3.63, 3.8) is 0 Å². The smallest absolute Gasteiger partial charge is 0.0976 e. The minimum atomic E-state index is -0.237. The Morgan fingerprint density at radius 3 is 3.00 bits per heavy atom. The highest BCUT2D eigenvalue weighted by atomic mass is 35.5. The van der Waals surface area contributed by atoms with Crippen molar-refractivity contribution in [1.82, 2.24) is 0 Å². The number of nitrogens with two attached hydrogens (primary N) is 1. The van der Waals surface area contributed by atoms with E-state index < -0.39 is 0 Å². The van der Waals surface area contributed by atoms with Gasteiger partial charge in [-0.05, 0) is 17.0 Å². The Morgan fingerprint density at radius 1 is 1.82 bits per heavy atom. The van der Waals surface area contributed by atoms with Crippen LogP contribution in [0.5, 0.6) is 0 Å². The minimum Gasteiger partial charge on any atom is -0.323 e. The van der Waals surface area contributed by atoms with E-state index in [1.807, 2.05) is 17.5 Å². The molecule has 0 spiro atoms. The van der Waals surface area contributed by atoms with Gasteiger partial charge in [0.2, 0.25) is 0 Å². The van der Waals surface area contributed by atoms with Crippen LogP contribution in [-0.4, -0.2) is 0 Å². The van der Waals surface area contributed by atoms with Crippen molar-refractivity contribution in [1.29, 1.82) is 5.26 Å². The predicted octanol–water partition coefficient (Wildman–Crippen LogP) is 2.31. The molecule has 11 heavy (non-hydrogen) atoms. The van der Waals surface area contributed by atoms with E-state index in [9.17, 15) is 0 Å². The summed E-state index contributed by atoms with van der Waals surface area (Å²) in [6.45, 7) is 0. The van der Waals surface area contributed by atoms with Gasteiger partial charge in [-0.3, -0.25) is 0 Å². The fourth-order valence-electron chi connectivity index (χ4n) is 0.778. The summed E-state index contributed by atoms with van der Waals surface area (Å²) in [5.74, 6) is 0. The molecule has 1 rings (SSSR count). The van der Waals surface area contributed by atoms with Gasteiger partial charge in [-0.15, -0.1) is 11.3 Å². The van der Waals surface area contributed by atoms with Crippen LogP contribution in [0.3, 0.4) is 0 Å². The SMILES string of the molecule is N#CC[C@@H](N)c1ccsc1Cl. The van der Waals surface area contributed by atoms with Crippen molar-refractivity contribution < 1.29 is 0 Å². The highest BCUT2D eigenvalue weighted by Crippen LogP contribution is 2.28. The lowest BCUT2D eigenvalue weighted by molar-refractivity contribution is 0.752. The summed E-state index contributed by atoms with van der Waals surface area (Å²) in [4.78, 5) is 0. The zero-order valence-electron chi connectivity index (χ0n) is 5.75. The Kier molecular flexibility index (Phi) is 2.89. The Morgan fingerprint density at radius 2 is 2.55 bits per heavy atom. The van der Waals surface area contributed by atoms with Gasteiger partial charge in [0, 0.05) is 6.04 Å². The van der Waals surface area contributed by atoms with E-state index in [1.165, 1.54) is 11.3 Å². The average molecular weight is 187 g/mol. The van der Waals surface area contributed by atoms with Crippen LogP contribution in [-0.2, 0) is 0 Å². The quantitative estimate of drug-likeness (QED) is 0.771. The topological polar surface area (TPSA) is 49.8 Å². The Hall–Kier alpha value is -0.560. The van der Waals surface area contributed by atoms with Crippen molar-refractivity contribution in [2.45, 2.75) is 12.5 Å². The molecule has 0 bridgehead atoms. The summed E-state index contributed by atoms with van der Waals surface area (Å²) < 4.78 is 0.688. The van der Waals surface area contributed by atoms with Crippen LogP contribution < -0.4 is 5.73 Å². The molecule has 0 aliphatic heterocycles. The lowest BCUT2D eigenvalue weighted by Crippen LogP contribution is -2.08. The second-order valence-electron chi connectivity index (χ2n) is 2.12. The third kappa shape index (κ3) is 1.93. The van der Waals surface area contributed by atoms with E-state index in [2.05, 4.69) is 0 Å². The van der Waals surface area contributed by atoms with Crippen LogP contribution in [0.4, 0.5) is 0 Å². The zero-order valence-corrected chi connectivity index (χ0v) is 7.32. The number of thiophene rings is 1. The molecule has 0 aromatic carbocycles. The largest absolute Gasteiger partial charge is 0.323 e. The average Bonchev–Trinajstić information content (AvgIpc) is 2.36. The molecular weight excluding hydrogens is 180 g/mol. The zero-order chi connectivity index (χ0) is 8.27. The van der Waals surface area contributed by atoms with Crippen LogP contribution in [0.1, 0.15) is 18.0 Å². The molecule has 0 aliphatic rings. The highest BCUT2D eigenvalue weighted by Gasteiger charge is 2.09. The van der Waals surface area contributed by atoms with E-state index in [0.717, 1.165) is 5.56 Å². The van der Waals surface area contributed by atoms with Crippen molar-refractivity contribution in [2.75, 3.05) is 0 Å². The van der Waals surface area contributed by atoms with Crippen LogP contribution in [0.2, 0.25) is 4.34 Å². The molecule has 0 radical (unpaired) electrons. The molecule has 0 saturated carbocycles. The maximum atomic E-state index is 8.36. The number of rotatable bonds is 2. The molecule has 1 atom stereocenters. The number of hydrogen-bond acceptors (Lipinski definition) is 3. The molecule has 2 N–H and O–H groups in total. The van der Waals surface area contributed by atoms with E-state index in [4.69, 9.17) is 22.6 Å². The van der Waals surface area contributed by atoms with Gasteiger partial charge in [-0.2, -0.15) is 5.26 Å². The van der Waals surface area contributed by atoms with Gasteiger partial charge < -0.3 is 5.73 Å². The van der Waals surface area contributed by atoms with Crippen molar-refractivity contribution in [3.8, 4) is 6.07 Å². The Balaban J connectivity index is 2.77. The number of nitriles is 1. The molecule has 58 valence electrons. The predicted molar refractivity (Wildman–Crippen MR) is 46.5 cm³/mol. The van der Waals surface area contributed by atoms with E-state index in [1.54, 1.807) is 0 Å². The molecular formula is C7H7ClN2S. The van der Waals surface area contributed by atoms with Gasteiger partial charge in [-0.25, -0.2) is 0 Å². The first-order valence-electron chi connectivity index (χ1n) is 3.11. The summed E-state index contributed by atoms with van der Waals surface area (Å²) in [6.07, 6.45) is 0.316. The molecule has 0 fully saturated rings. The molecule has 1 heterocycles. The van der Waals surface area contributed by atoms with Gasteiger partial charge in [0.15, 0.2) is 0 Å². The van der Waals surface area contributed by atoms with Gasteiger partial charge >= 0.3 is 0 Å². The highest BCUT2D eigenvalue weighted by molar-refractivity contribution is 7.14. The Bertz CT molecular complexity index is 276. The van der Waals surface area contributed by atoms with Crippen LogP contribution in [0.25, 0.3) is 0 Å². The first kappa shape index (κ1) is 8.54. The normalized spacial score (nSPS) is 12.5. The molecule has 1 aromatic heterocycles. The fraction of sp³-hybridized carbons (Fsp3) is 0.286. The van der Waals surface area contributed by atoms with E-state index in [-0.39, 0.29) is 6.04 Å². The summed E-state index contributed by atoms with van der Waals surface area (Å²) in [7, 11) is 0. The molecule has 2 nitrogen and oxygen atoms in total. The number of nitrogens with zero attached hydrogens (tertiary/aromatic N) is 1. The number of halogens is 1. The third-order valence-electron chi connectivity index (χ3n) is 1.36. The second kappa shape index (κ2) is 3.72. The van der Waals surface area contributed by atoms with Gasteiger partial charge in [0.05, 0.1) is 16.8 Å². The third-order valence-corrected chi connectivity index (χ3v) is 2.56. The summed E-state index contributed by atoms with van der Waals surface area (Å²) in [5.41, 5.74) is 6.52. The summed E-state index contributed by atoms with van der Waals surface area (Å²) in [5, 5.41) is 10.2. The lowest BCUT2D eigenvalue weighted by Gasteiger charge is -2.03. The van der Waals surface area contributed by atoms with Crippen LogP contribution in [0, 0.1) is 11.3 Å². The molecule has 1 aromatic rings. The van der Waals surface area contributed by atoms with Crippen LogP contribution in [0.15, 0.2) is 11.4 Å². The second-order valence-corrected chi connectivity index (χ2v) is 3.64. The first-order valence-corrected chi connectivity index (χ1v) is 4.37. The standard InChI is InChI=1S/C7H7ClN2S/c8-7-5(2-4-11-7)6(10)1-3-9/h2,4,6H,1,10H2/t6-/m1/s1. The Labute approximate surface area is 74.2 Å². The summed E-state index contributed by atoms with van der Waals surface area (Å²) in [6, 6.07) is 3.62. The van der Waals surface area contributed by atoms with Crippen molar-refractivity contribution in [3.05, 3.63) is 21.3 Å². The van der Waals surface area contributed by atoms with Crippen LogP contribution >= 0.6 is 22.9 Å². The molecule has 0 amide bonds. The monoisotopic (exact) mass is 186 g/mol. The lowest BCUT2D eigenvalue weighted by atomic mass is 10.1. The first-order chi connectivity index (χ1) is 5.25. The van der Waals surface area contributed by atoms with Crippen molar-refractivity contribution in [2.24, 2.45) is 5.73 Å². The van der Waals surface area contributed by atoms with E-state index in [0.29, 0.717) is 10.8 Å².